The van der Waals surface area contributed by atoms with Gasteiger partial charge >= 0.3 is 0 Å². The maximum Gasteiger partial charge on any atom is 0.237 e. The highest BCUT2D eigenvalue weighted by molar-refractivity contribution is 9.10. The van der Waals surface area contributed by atoms with Crippen LogP contribution in [0.15, 0.2) is 27.6 Å². The Balaban J connectivity index is 1.85. The van der Waals surface area contributed by atoms with Gasteiger partial charge in [-0.05, 0) is 28.9 Å². The predicted octanol–water partition coefficient (Wildman–Crippen LogP) is 1.83. The first-order valence-electron chi connectivity index (χ1n) is 6.07. The fraction of sp³-hybridized carbons (Fsp3) is 0.333. The zero-order chi connectivity index (χ0) is 13.7. The molecule has 0 aromatic carbocycles. The predicted molar refractivity (Wildman–Crippen MR) is 72.2 cm³/mol. The second-order valence-corrected chi connectivity index (χ2v) is 5.99. The van der Waals surface area contributed by atoms with E-state index in [0.717, 1.165) is 10.0 Å². The van der Waals surface area contributed by atoms with Crippen LogP contribution in [0.4, 0.5) is 0 Å². The molecule has 1 aliphatic rings. The minimum absolute atomic E-state index is 0.179. The molecular weight excluding hydrogens is 326 g/mol. The van der Waals surface area contributed by atoms with Crippen molar-refractivity contribution in [2.75, 3.05) is 13.2 Å². The third-order valence-electron chi connectivity index (χ3n) is 3.37. The largest absolute Gasteiger partial charge is 0.379 e. The van der Waals surface area contributed by atoms with E-state index >= 15 is 0 Å². The Morgan fingerprint density at radius 1 is 1.40 bits per heavy atom. The number of fused-ring (bicyclic) bond motifs is 1. The molecule has 0 amide bonds. The van der Waals surface area contributed by atoms with Gasteiger partial charge in [0.1, 0.15) is 6.33 Å². The van der Waals surface area contributed by atoms with Gasteiger partial charge < -0.3 is 9.26 Å². The second-order valence-electron chi connectivity index (χ2n) is 5.08. The third kappa shape index (κ3) is 1.68. The smallest absolute Gasteiger partial charge is 0.237 e. The molecule has 1 fully saturated rings. The SMILES string of the molecule is CC1(c2nc(-c3cc(Br)cn4ncnc34)no2)COC1. The first-order valence-corrected chi connectivity index (χ1v) is 6.86. The van der Waals surface area contributed by atoms with E-state index in [4.69, 9.17) is 9.26 Å². The average Bonchev–Trinajstić information content (AvgIpc) is 3.03. The number of ether oxygens (including phenoxy) is 1. The molecule has 0 atom stereocenters. The number of hydrogen-bond donors (Lipinski definition) is 0. The van der Waals surface area contributed by atoms with Gasteiger partial charge in [0, 0.05) is 10.7 Å². The zero-order valence-electron chi connectivity index (χ0n) is 10.6. The number of halogens is 1. The first-order chi connectivity index (χ1) is 9.66. The summed E-state index contributed by atoms with van der Waals surface area (Å²) in [5.41, 5.74) is 1.28. The quantitative estimate of drug-likeness (QED) is 0.710. The molecule has 0 radical (unpaired) electrons. The van der Waals surface area contributed by atoms with E-state index in [-0.39, 0.29) is 5.41 Å². The lowest BCUT2D eigenvalue weighted by molar-refractivity contribution is -0.0644. The summed E-state index contributed by atoms with van der Waals surface area (Å²) < 4.78 is 13.1. The van der Waals surface area contributed by atoms with Crippen LogP contribution in [0.5, 0.6) is 0 Å². The molecule has 0 saturated carbocycles. The van der Waals surface area contributed by atoms with Crippen LogP contribution in [0.2, 0.25) is 0 Å². The van der Waals surface area contributed by atoms with Gasteiger partial charge in [-0.15, -0.1) is 0 Å². The van der Waals surface area contributed by atoms with Crippen LogP contribution < -0.4 is 0 Å². The van der Waals surface area contributed by atoms with Crippen LogP contribution >= 0.6 is 15.9 Å². The summed E-state index contributed by atoms with van der Waals surface area (Å²) in [7, 11) is 0. The van der Waals surface area contributed by atoms with E-state index in [1.807, 2.05) is 19.2 Å². The monoisotopic (exact) mass is 335 g/mol. The van der Waals surface area contributed by atoms with Crippen molar-refractivity contribution in [2.24, 2.45) is 0 Å². The van der Waals surface area contributed by atoms with E-state index in [2.05, 4.69) is 36.2 Å². The molecule has 7 nitrogen and oxygen atoms in total. The standard InChI is InChI=1S/C12H10BrN5O2/c1-12(4-19-5-12)11-16-9(17-20-11)8-2-7(13)3-18-10(8)14-6-15-18/h2-3,6H,4-5H2,1H3. The maximum absolute atomic E-state index is 5.38. The number of hydrogen-bond acceptors (Lipinski definition) is 6. The van der Waals surface area contributed by atoms with Gasteiger partial charge in [0.05, 0.1) is 24.2 Å². The Hall–Kier alpha value is -1.80. The lowest BCUT2D eigenvalue weighted by atomic mass is 9.89. The van der Waals surface area contributed by atoms with Gasteiger partial charge in [-0.3, -0.25) is 0 Å². The molecular formula is C12H10BrN5O2. The summed E-state index contributed by atoms with van der Waals surface area (Å²) in [6.45, 7) is 3.25. The van der Waals surface area contributed by atoms with Crippen molar-refractivity contribution < 1.29 is 9.26 Å². The van der Waals surface area contributed by atoms with Crippen LogP contribution in [0.1, 0.15) is 12.8 Å². The molecule has 0 aliphatic carbocycles. The lowest BCUT2D eigenvalue weighted by Gasteiger charge is -2.33. The molecule has 20 heavy (non-hydrogen) atoms. The van der Waals surface area contributed by atoms with E-state index in [1.54, 1.807) is 4.52 Å². The van der Waals surface area contributed by atoms with Crippen LogP contribution in [0.25, 0.3) is 17.0 Å². The van der Waals surface area contributed by atoms with Crippen molar-refractivity contribution in [1.82, 2.24) is 24.7 Å². The molecule has 0 unspecified atom stereocenters. The Morgan fingerprint density at radius 2 is 2.25 bits per heavy atom. The summed E-state index contributed by atoms with van der Waals surface area (Å²) in [6.07, 6.45) is 3.32. The third-order valence-corrected chi connectivity index (χ3v) is 3.80. The molecule has 1 saturated heterocycles. The molecule has 102 valence electrons. The van der Waals surface area contributed by atoms with E-state index in [1.165, 1.54) is 6.33 Å². The summed E-state index contributed by atoms with van der Waals surface area (Å²) in [6, 6.07) is 1.90. The first kappa shape index (κ1) is 12.0. The molecule has 3 aromatic heterocycles. The van der Waals surface area contributed by atoms with E-state index in [9.17, 15) is 0 Å². The number of pyridine rings is 1. The Labute approximate surface area is 122 Å². The van der Waals surface area contributed by atoms with Crippen molar-refractivity contribution in [3.05, 3.63) is 29.0 Å². The summed E-state index contributed by atoms with van der Waals surface area (Å²) in [5, 5.41) is 8.18. The topological polar surface area (TPSA) is 78.3 Å². The molecule has 0 spiro atoms. The van der Waals surface area contributed by atoms with Gasteiger partial charge in [-0.2, -0.15) is 10.1 Å². The van der Waals surface area contributed by atoms with Crippen molar-refractivity contribution in [2.45, 2.75) is 12.3 Å². The number of rotatable bonds is 2. The van der Waals surface area contributed by atoms with Crippen molar-refractivity contribution >= 4 is 21.6 Å². The minimum Gasteiger partial charge on any atom is -0.379 e. The van der Waals surface area contributed by atoms with Gasteiger partial charge in [0.15, 0.2) is 5.65 Å². The van der Waals surface area contributed by atoms with Gasteiger partial charge in [-0.1, -0.05) is 5.16 Å². The second kappa shape index (κ2) is 4.10. The van der Waals surface area contributed by atoms with Crippen molar-refractivity contribution in [3.63, 3.8) is 0 Å². The molecule has 0 N–H and O–H groups in total. The lowest BCUT2D eigenvalue weighted by Crippen LogP contribution is -2.44. The maximum atomic E-state index is 5.38. The van der Waals surface area contributed by atoms with Crippen LogP contribution in [-0.2, 0) is 10.2 Å². The molecule has 1 aliphatic heterocycles. The van der Waals surface area contributed by atoms with Gasteiger partial charge in [0.25, 0.3) is 0 Å². The van der Waals surface area contributed by atoms with Crippen molar-refractivity contribution in [1.29, 1.82) is 0 Å². The Kier molecular flexibility index (Phi) is 2.45. The summed E-state index contributed by atoms with van der Waals surface area (Å²) in [4.78, 5) is 8.71. The summed E-state index contributed by atoms with van der Waals surface area (Å²) in [5.74, 6) is 1.10. The van der Waals surface area contributed by atoms with Gasteiger partial charge in [0.2, 0.25) is 11.7 Å². The normalized spacial score (nSPS) is 17.3. The molecule has 3 aromatic rings. The molecule has 4 rings (SSSR count). The molecule has 8 heteroatoms. The van der Waals surface area contributed by atoms with E-state index in [0.29, 0.717) is 30.6 Å². The van der Waals surface area contributed by atoms with Crippen molar-refractivity contribution in [3.8, 4) is 11.4 Å². The zero-order valence-corrected chi connectivity index (χ0v) is 12.2. The van der Waals surface area contributed by atoms with Crippen LogP contribution in [0, 0.1) is 0 Å². The van der Waals surface area contributed by atoms with Crippen LogP contribution in [-0.4, -0.2) is 38.0 Å². The van der Waals surface area contributed by atoms with Crippen LogP contribution in [0.3, 0.4) is 0 Å². The highest BCUT2D eigenvalue weighted by Gasteiger charge is 2.41. The average molecular weight is 336 g/mol. The van der Waals surface area contributed by atoms with E-state index < -0.39 is 0 Å². The number of nitrogens with zero attached hydrogens (tertiary/aromatic N) is 5. The minimum atomic E-state index is -0.179. The molecule has 4 heterocycles. The highest BCUT2D eigenvalue weighted by Crippen LogP contribution is 2.32. The highest BCUT2D eigenvalue weighted by atomic mass is 79.9. The fourth-order valence-corrected chi connectivity index (χ4v) is 2.59. The number of aromatic nitrogens is 5. The molecule has 0 bridgehead atoms. The Bertz CT molecular complexity index is 792. The fourth-order valence-electron chi connectivity index (χ4n) is 2.17. The summed E-state index contributed by atoms with van der Waals surface area (Å²) >= 11 is 3.44. The van der Waals surface area contributed by atoms with Gasteiger partial charge in [-0.25, -0.2) is 9.50 Å². The Morgan fingerprint density at radius 3 is 3.00 bits per heavy atom.